The van der Waals surface area contributed by atoms with E-state index < -0.39 is 145 Å². The van der Waals surface area contributed by atoms with Crippen LogP contribution in [0.2, 0.25) is 0 Å². The summed E-state index contributed by atoms with van der Waals surface area (Å²) in [6, 6.07) is -6.96. The lowest BCUT2D eigenvalue weighted by atomic mass is 10.0. The number of imidazole rings is 2. The normalized spacial score (nSPS) is 14.7. The van der Waals surface area contributed by atoms with Crippen molar-refractivity contribution in [2.75, 3.05) is 18.1 Å². The minimum Gasteiger partial charge on any atom is -0.481 e. The molecule has 3 aromatic heterocycles. The fourth-order valence-corrected chi connectivity index (χ4v) is 8.09. The number of primary amides is 1. The van der Waals surface area contributed by atoms with Gasteiger partial charge in [-0.2, -0.15) is 25.3 Å². The van der Waals surface area contributed by atoms with Crippen molar-refractivity contribution in [3.05, 3.63) is 72.5 Å². The van der Waals surface area contributed by atoms with Gasteiger partial charge in [0.25, 0.3) is 0 Å². The third-order valence-electron chi connectivity index (χ3n) is 11.8. The molecule has 3 heterocycles. The van der Waals surface area contributed by atoms with E-state index in [4.69, 9.17) is 11.5 Å². The van der Waals surface area contributed by atoms with Gasteiger partial charge >= 0.3 is 11.9 Å². The number of nitrogens with zero attached hydrogens (tertiary/aromatic N) is 2. The first-order chi connectivity index (χ1) is 37.0. The molecule has 0 saturated heterocycles. The second-order valence-electron chi connectivity index (χ2n) is 18.3. The highest BCUT2D eigenvalue weighted by molar-refractivity contribution is 7.80. The zero-order valence-corrected chi connectivity index (χ0v) is 44.1. The highest BCUT2D eigenvalue weighted by atomic mass is 32.1. The van der Waals surface area contributed by atoms with Crippen LogP contribution in [0.5, 0.6) is 0 Å². The zero-order chi connectivity index (χ0) is 57.6. The first-order valence-electron chi connectivity index (χ1n) is 24.3. The quantitative estimate of drug-likeness (QED) is 0.0200. The van der Waals surface area contributed by atoms with E-state index in [-0.39, 0.29) is 43.1 Å². The van der Waals surface area contributed by atoms with E-state index in [1.54, 1.807) is 44.3 Å². The average Bonchev–Trinajstić information content (AvgIpc) is 4.21. The van der Waals surface area contributed by atoms with E-state index in [9.17, 15) is 68.1 Å². The molecule has 4 rings (SSSR count). The van der Waals surface area contributed by atoms with Gasteiger partial charge in [-0.15, -0.1) is 0 Å². The highest BCUT2D eigenvalue weighted by Gasteiger charge is 2.36. The van der Waals surface area contributed by atoms with Crippen molar-refractivity contribution in [2.24, 2.45) is 17.4 Å². The molecular weight excluding hydrogens is 1060 g/mol. The number of hydrogen-bond acceptors (Lipinski definition) is 17. The van der Waals surface area contributed by atoms with Gasteiger partial charge < -0.3 is 84.3 Å². The zero-order valence-electron chi connectivity index (χ0n) is 42.3. The third-order valence-corrected chi connectivity index (χ3v) is 12.5. The lowest BCUT2D eigenvalue weighted by Crippen LogP contribution is -2.61. The Morgan fingerprint density at radius 2 is 1.05 bits per heavy atom. The summed E-state index contributed by atoms with van der Waals surface area (Å²) in [4.78, 5) is 163. The van der Waals surface area contributed by atoms with Gasteiger partial charge in [0.2, 0.25) is 53.2 Å². The molecule has 0 unspecified atom stereocenters. The number of thiol groups is 2. The summed E-state index contributed by atoms with van der Waals surface area (Å²) in [6.45, 7) is 2.28. The summed E-state index contributed by atoms with van der Waals surface area (Å²) < 4.78 is 0. The van der Waals surface area contributed by atoms with Crippen LogP contribution in [0.3, 0.4) is 0 Å². The minimum atomic E-state index is -1.83. The number of carbonyl (C=O) groups is 11. The third kappa shape index (κ3) is 19.5. The number of aromatic nitrogens is 5. The van der Waals surface area contributed by atoms with Gasteiger partial charge in [0.15, 0.2) is 0 Å². The van der Waals surface area contributed by atoms with Crippen LogP contribution >= 0.6 is 25.3 Å². The Morgan fingerprint density at radius 1 is 0.590 bits per heavy atom. The van der Waals surface area contributed by atoms with Gasteiger partial charge in [0.1, 0.15) is 48.3 Å². The summed E-state index contributed by atoms with van der Waals surface area (Å²) in [5.74, 6) is -12.7. The number of fused-ring (bicyclic) bond motifs is 1. The van der Waals surface area contributed by atoms with Gasteiger partial charge in [-0.3, -0.25) is 47.9 Å². The van der Waals surface area contributed by atoms with Crippen molar-refractivity contribution in [3.63, 3.8) is 0 Å². The molecule has 31 heteroatoms. The van der Waals surface area contributed by atoms with Gasteiger partial charge in [-0.1, -0.05) is 32.0 Å². The first-order valence-corrected chi connectivity index (χ1v) is 25.5. The molecule has 1 aromatic carbocycles. The molecule has 0 saturated carbocycles. The number of aliphatic carboxylic acids is 2. The minimum absolute atomic E-state index is 0.0640. The number of benzene rings is 1. The number of carboxylic acids is 2. The van der Waals surface area contributed by atoms with Crippen LogP contribution < -0.4 is 54.0 Å². The van der Waals surface area contributed by atoms with Crippen molar-refractivity contribution in [1.29, 1.82) is 0 Å². The van der Waals surface area contributed by atoms with Crippen LogP contribution in [0.4, 0.5) is 0 Å². The Labute approximate surface area is 456 Å². The smallest absolute Gasteiger partial charge is 0.327 e. The van der Waals surface area contributed by atoms with E-state index in [2.05, 4.69) is 92.7 Å². The van der Waals surface area contributed by atoms with Crippen LogP contribution in [0.1, 0.15) is 56.5 Å². The van der Waals surface area contributed by atoms with Crippen LogP contribution in [-0.2, 0) is 72.0 Å². The Morgan fingerprint density at radius 3 is 1.55 bits per heavy atom. The topological polar surface area (TPSA) is 470 Å². The molecule has 4 aromatic rings. The maximum Gasteiger partial charge on any atom is 0.327 e. The van der Waals surface area contributed by atoms with Crippen LogP contribution in [0.25, 0.3) is 10.9 Å². The Kier molecular flexibility index (Phi) is 24.6. The predicted octanol–water partition coefficient (Wildman–Crippen LogP) is -4.43. The second kappa shape index (κ2) is 30.6. The molecule has 0 bridgehead atoms. The van der Waals surface area contributed by atoms with E-state index in [1.165, 1.54) is 25.0 Å². The molecule has 0 aliphatic heterocycles. The standard InChI is InChI=1S/C47H65N15O14S2/c1-22(2)9-30(57-45(73)34(13-37(49)64)60-44(72)33(12-25-16-51-21-54-25)59-43(71)32(11-24-15-50-20-53-24)56-39(67)27(48)18-77)41(69)61-35(17-63)46(74)58-31(10-23-14-52-28-6-4-3-5-26(23)28)42(70)55-29(7-8-38(65)66)40(68)62-36(19-78)47(75)76/h3-6,14-16,20-22,27,29-36,52,63,77-78H,7-13,17-19,48H2,1-2H3,(H2,49,64)(H,50,53)(H,51,54)(H,55,70)(H,56,67)(H,57,73)(H,58,74)(H,59,71)(H,60,72)(H,61,69)(H,62,68)(H,65,66)(H,75,76)/t27-,29-,30-,31-,32-,33-,34-,35-,36-/m0/s1. The number of carboxylic acid groups (broad SMARTS) is 2. The molecule has 0 aliphatic rings. The number of para-hydroxylation sites is 1. The largest absolute Gasteiger partial charge is 0.481 e. The Balaban J connectivity index is 1.57. The number of aliphatic hydroxyl groups is 1. The fourth-order valence-electron chi connectivity index (χ4n) is 7.68. The van der Waals surface area contributed by atoms with Crippen LogP contribution in [0, 0.1) is 5.92 Å². The molecule has 9 amide bonds. The highest BCUT2D eigenvalue weighted by Crippen LogP contribution is 2.20. The Hall–Kier alpha value is -8.03. The second-order valence-corrected chi connectivity index (χ2v) is 19.1. The predicted molar refractivity (Wildman–Crippen MR) is 283 cm³/mol. The number of nitrogens with two attached hydrogens (primary N) is 2. The van der Waals surface area contributed by atoms with Crippen molar-refractivity contribution in [3.8, 4) is 0 Å². The Bertz CT molecular complexity index is 2720. The molecule has 0 aliphatic carbocycles. The van der Waals surface area contributed by atoms with Gasteiger partial charge in [-0.25, -0.2) is 14.8 Å². The maximum absolute atomic E-state index is 14.1. The summed E-state index contributed by atoms with van der Waals surface area (Å²) >= 11 is 7.97. The van der Waals surface area contributed by atoms with E-state index in [1.807, 2.05) is 0 Å². The molecule has 9 atom stereocenters. The maximum atomic E-state index is 14.1. The van der Waals surface area contributed by atoms with Crippen molar-refractivity contribution in [1.82, 2.24) is 67.5 Å². The summed E-state index contributed by atoms with van der Waals surface area (Å²) in [5, 5.41) is 49.4. The number of aromatic amines is 3. The summed E-state index contributed by atoms with van der Waals surface area (Å²) in [7, 11) is 0. The number of H-pyrrole nitrogens is 3. The summed E-state index contributed by atoms with van der Waals surface area (Å²) in [5.41, 5.74) is 13.2. The van der Waals surface area contributed by atoms with E-state index >= 15 is 0 Å². The number of nitrogens with one attached hydrogen (secondary N) is 11. The fraction of sp³-hybridized carbons (Fsp3) is 0.468. The van der Waals surface area contributed by atoms with Crippen molar-refractivity contribution < 1.29 is 68.1 Å². The van der Waals surface area contributed by atoms with Gasteiger partial charge in [-0.05, 0) is 30.4 Å². The van der Waals surface area contributed by atoms with Crippen molar-refractivity contribution in [2.45, 2.75) is 113 Å². The lowest BCUT2D eigenvalue weighted by Gasteiger charge is -2.28. The summed E-state index contributed by atoms with van der Waals surface area (Å²) in [6.07, 6.45) is 4.18. The monoisotopic (exact) mass is 1130 g/mol. The SMILES string of the molecule is CC(C)C[C@H](NC(=O)[C@H](CC(N)=O)NC(=O)[C@H](Cc1cnc[nH]1)NC(=O)[C@H](Cc1cnc[nH]1)NC(=O)[C@@H](N)CS)C(=O)N[C@@H](CO)C(=O)N[C@@H](Cc1c[nH]c2ccccc12)C(=O)N[C@@H](CCC(=O)O)C(=O)N[C@@H](CS)C(=O)O. The van der Waals surface area contributed by atoms with Crippen molar-refractivity contribution >= 4 is 101 Å². The molecule has 0 spiro atoms. The van der Waals surface area contributed by atoms with Gasteiger partial charge in [0.05, 0.1) is 31.7 Å². The van der Waals surface area contributed by atoms with E-state index in [0.29, 0.717) is 27.9 Å². The number of amides is 9. The van der Waals surface area contributed by atoms with Crippen LogP contribution in [-0.4, -0.2) is 178 Å². The molecule has 18 N–H and O–H groups in total. The molecule has 424 valence electrons. The van der Waals surface area contributed by atoms with Gasteiger partial charge in [0, 0.05) is 78.1 Å². The number of hydrogen-bond donors (Lipinski definition) is 18. The van der Waals surface area contributed by atoms with Crippen LogP contribution in [0.15, 0.2) is 55.5 Å². The number of aliphatic hydroxyl groups excluding tert-OH is 1. The molecule has 0 fully saturated rings. The molecule has 29 nitrogen and oxygen atoms in total. The number of rotatable bonds is 33. The first kappa shape index (κ1) is 62.5. The average molecular weight is 1130 g/mol. The number of carbonyl (C=O) groups excluding carboxylic acids is 9. The molecule has 0 radical (unpaired) electrons. The molecule has 78 heavy (non-hydrogen) atoms. The van der Waals surface area contributed by atoms with E-state index in [0.717, 1.165) is 0 Å². The molecular formula is C47H65N15O14S2. The lowest BCUT2D eigenvalue weighted by molar-refractivity contribution is -0.142.